The Morgan fingerprint density at radius 1 is 1.21 bits per heavy atom. The normalized spacial score (nSPS) is 29.0. The van der Waals surface area contributed by atoms with Gasteiger partial charge >= 0.3 is 0 Å². The molecule has 1 aromatic heterocycles. The standard InChI is InChI=1S/C17H26N2O5/c1-12-2-3-13(24-12)4-5-16(21)19-8-6-18(7-9-19)14-10-23-11-15(20)17(14)22/h2-3,14-15,17,20,22H,4-11H2,1H3/t14-,15-,17+/m1/s1. The molecule has 2 N–H and O–H groups in total. The van der Waals surface area contributed by atoms with Crippen molar-refractivity contribution in [3.8, 4) is 0 Å². The molecule has 0 unspecified atom stereocenters. The molecule has 1 aromatic rings. The lowest BCUT2D eigenvalue weighted by Crippen LogP contribution is -2.60. The Kier molecular flexibility index (Phi) is 5.55. The summed E-state index contributed by atoms with van der Waals surface area (Å²) in [6.07, 6.45) is -0.557. The van der Waals surface area contributed by atoms with Gasteiger partial charge < -0.3 is 24.3 Å². The van der Waals surface area contributed by atoms with Crippen molar-refractivity contribution in [2.75, 3.05) is 39.4 Å². The number of hydrogen-bond acceptors (Lipinski definition) is 6. The molecule has 3 atom stereocenters. The number of aliphatic hydroxyl groups excluding tert-OH is 2. The molecule has 3 rings (SSSR count). The molecule has 0 bridgehead atoms. The van der Waals surface area contributed by atoms with E-state index in [1.165, 1.54) is 0 Å². The molecule has 0 saturated carbocycles. The molecule has 0 spiro atoms. The van der Waals surface area contributed by atoms with Crippen molar-refractivity contribution < 1.29 is 24.2 Å². The van der Waals surface area contributed by atoms with Gasteiger partial charge in [0, 0.05) is 39.0 Å². The van der Waals surface area contributed by atoms with E-state index in [1.54, 1.807) is 0 Å². The first-order chi connectivity index (χ1) is 11.5. The van der Waals surface area contributed by atoms with Crippen molar-refractivity contribution in [2.24, 2.45) is 0 Å². The highest BCUT2D eigenvalue weighted by Crippen LogP contribution is 2.18. The summed E-state index contributed by atoms with van der Waals surface area (Å²) in [7, 11) is 0. The molecule has 2 aliphatic heterocycles. The molecule has 2 aliphatic rings. The topological polar surface area (TPSA) is 86.4 Å². The first kappa shape index (κ1) is 17.4. The summed E-state index contributed by atoms with van der Waals surface area (Å²) in [5.41, 5.74) is 0. The average molecular weight is 338 g/mol. The number of amides is 1. The minimum atomic E-state index is -0.833. The highest BCUT2D eigenvalue weighted by Gasteiger charge is 2.36. The average Bonchev–Trinajstić information content (AvgIpc) is 3.01. The lowest BCUT2D eigenvalue weighted by atomic mass is 10.0. The Labute approximate surface area is 141 Å². The lowest BCUT2D eigenvalue weighted by Gasteiger charge is -2.43. The Balaban J connectivity index is 1.45. The van der Waals surface area contributed by atoms with Gasteiger partial charge in [0.1, 0.15) is 17.6 Å². The number of hydrogen-bond donors (Lipinski definition) is 2. The van der Waals surface area contributed by atoms with Gasteiger partial charge in [-0.2, -0.15) is 0 Å². The van der Waals surface area contributed by atoms with Gasteiger partial charge in [-0.3, -0.25) is 9.69 Å². The molecule has 2 saturated heterocycles. The molecule has 1 amide bonds. The minimum absolute atomic E-state index is 0.129. The van der Waals surface area contributed by atoms with Gasteiger partial charge in [-0.15, -0.1) is 0 Å². The third-order valence-electron chi connectivity index (χ3n) is 4.88. The summed E-state index contributed by atoms with van der Waals surface area (Å²) in [4.78, 5) is 16.3. The third-order valence-corrected chi connectivity index (χ3v) is 4.88. The van der Waals surface area contributed by atoms with Crippen LogP contribution in [0.4, 0.5) is 0 Å². The van der Waals surface area contributed by atoms with E-state index in [1.807, 2.05) is 24.0 Å². The van der Waals surface area contributed by atoms with E-state index in [0.717, 1.165) is 11.5 Å². The van der Waals surface area contributed by atoms with Crippen LogP contribution in [0.3, 0.4) is 0 Å². The van der Waals surface area contributed by atoms with Crippen molar-refractivity contribution in [3.63, 3.8) is 0 Å². The first-order valence-electron chi connectivity index (χ1n) is 8.55. The van der Waals surface area contributed by atoms with Crippen LogP contribution in [0.5, 0.6) is 0 Å². The molecule has 0 aliphatic carbocycles. The molecule has 24 heavy (non-hydrogen) atoms. The zero-order chi connectivity index (χ0) is 17.1. The summed E-state index contributed by atoms with van der Waals surface area (Å²) in [5, 5.41) is 19.8. The molecule has 3 heterocycles. The predicted molar refractivity (Wildman–Crippen MR) is 86.5 cm³/mol. The van der Waals surface area contributed by atoms with Gasteiger partial charge in [0.2, 0.25) is 5.91 Å². The Morgan fingerprint density at radius 2 is 1.96 bits per heavy atom. The van der Waals surface area contributed by atoms with Gasteiger partial charge in [0.05, 0.1) is 25.4 Å². The molecule has 2 fully saturated rings. The predicted octanol–water partition coefficient (Wildman–Crippen LogP) is -0.215. The molecule has 134 valence electrons. The number of aliphatic hydroxyl groups is 2. The monoisotopic (exact) mass is 338 g/mol. The quantitative estimate of drug-likeness (QED) is 0.790. The number of carbonyl (C=O) groups excluding carboxylic acids is 1. The van der Waals surface area contributed by atoms with Gasteiger partial charge in [-0.1, -0.05) is 0 Å². The van der Waals surface area contributed by atoms with Crippen LogP contribution in [0.25, 0.3) is 0 Å². The van der Waals surface area contributed by atoms with E-state index >= 15 is 0 Å². The summed E-state index contributed by atoms with van der Waals surface area (Å²) >= 11 is 0. The van der Waals surface area contributed by atoms with Gasteiger partial charge in [0.25, 0.3) is 0 Å². The number of ether oxygens (including phenoxy) is 1. The van der Waals surface area contributed by atoms with E-state index in [9.17, 15) is 15.0 Å². The maximum Gasteiger partial charge on any atom is 0.223 e. The number of nitrogens with zero attached hydrogens (tertiary/aromatic N) is 2. The molecule has 7 heteroatoms. The molecule has 0 aromatic carbocycles. The van der Waals surface area contributed by atoms with E-state index in [0.29, 0.717) is 45.6 Å². The number of carbonyl (C=O) groups is 1. The maximum absolute atomic E-state index is 12.3. The van der Waals surface area contributed by atoms with Crippen LogP contribution in [-0.2, 0) is 16.0 Å². The van der Waals surface area contributed by atoms with Crippen molar-refractivity contribution in [1.29, 1.82) is 0 Å². The Bertz CT molecular complexity index is 553. The van der Waals surface area contributed by atoms with Crippen LogP contribution in [0.1, 0.15) is 17.9 Å². The maximum atomic E-state index is 12.3. The second kappa shape index (κ2) is 7.65. The first-order valence-corrected chi connectivity index (χ1v) is 8.55. The zero-order valence-electron chi connectivity index (χ0n) is 14.1. The second-order valence-electron chi connectivity index (χ2n) is 6.59. The van der Waals surface area contributed by atoms with Crippen LogP contribution >= 0.6 is 0 Å². The van der Waals surface area contributed by atoms with Crippen LogP contribution in [-0.4, -0.2) is 83.6 Å². The summed E-state index contributed by atoms with van der Waals surface area (Å²) in [6, 6.07) is 3.62. The van der Waals surface area contributed by atoms with E-state index in [4.69, 9.17) is 9.15 Å². The van der Waals surface area contributed by atoms with Crippen LogP contribution in [0.15, 0.2) is 16.5 Å². The van der Waals surface area contributed by atoms with Crippen molar-refractivity contribution >= 4 is 5.91 Å². The smallest absolute Gasteiger partial charge is 0.223 e. The number of piperazine rings is 1. The van der Waals surface area contributed by atoms with Crippen LogP contribution in [0, 0.1) is 6.92 Å². The summed E-state index contributed by atoms with van der Waals surface area (Å²) < 4.78 is 10.8. The van der Waals surface area contributed by atoms with E-state index < -0.39 is 12.2 Å². The van der Waals surface area contributed by atoms with Gasteiger partial charge in [-0.05, 0) is 19.1 Å². The van der Waals surface area contributed by atoms with Gasteiger partial charge in [0.15, 0.2) is 0 Å². The summed E-state index contributed by atoms with van der Waals surface area (Å²) in [6.45, 7) is 5.13. The Morgan fingerprint density at radius 3 is 2.62 bits per heavy atom. The fraction of sp³-hybridized carbons (Fsp3) is 0.706. The minimum Gasteiger partial charge on any atom is -0.466 e. The zero-order valence-corrected chi connectivity index (χ0v) is 14.1. The second-order valence-corrected chi connectivity index (χ2v) is 6.59. The van der Waals surface area contributed by atoms with Crippen molar-refractivity contribution in [3.05, 3.63) is 23.7 Å². The molecular weight excluding hydrogens is 312 g/mol. The largest absolute Gasteiger partial charge is 0.466 e. The Hall–Kier alpha value is -1.41. The number of furan rings is 1. The highest BCUT2D eigenvalue weighted by molar-refractivity contribution is 5.76. The summed E-state index contributed by atoms with van der Waals surface area (Å²) in [5.74, 6) is 1.83. The molecule has 0 radical (unpaired) electrons. The van der Waals surface area contributed by atoms with E-state index in [-0.39, 0.29) is 18.6 Å². The van der Waals surface area contributed by atoms with Crippen LogP contribution < -0.4 is 0 Å². The van der Waals surface area contributed by atoms with Crippen molar-refractivity contribution in [2.45, 2.75) is 38.0 Å². The van der Waals surface area contributed by atoms with E-state index in [2.05, 4.69) is 4.90 Å². The highest BCUT2D eigenvalue weighted by atomic mass is 16.5. The number of aryl methyl sites for hydroxylation is 2. The number of rotatable bonds is 4. The fourth-order valence-electron chi connectivity index (χ4n) is 3.40. The molecular formula is C17H26N2O5. The molecule has 7 nitrogen and oxygen atoms in total. The lowest BCUT2D eigenvalue weighted by molar-refractivity contribution is -0.144. The SMILES string of the molecule is Cc1ccc(CCC(=O)N2CCN([C@@H]3COC[C@@H](O)[C@H]3O)CC2)o1. The fourth-order valence-corrected chi connectivity index (χ4v) is 3.40. The van der Waals surface area contributed by atoms with Crippen LogP contribution in [0.2, 0.25) is 0 Å². The third kappa shape index (κ3) is 3.97. The van der Waals surface area contributed by atoms with Gasteiger partial charge in [-0.25, -0.2) is 0 Å². The van der Waals surface area contributed by atoms with Crippen molar-refractivity contribution in [1.82, 2.24) is 9.80 Å².